The second-order valence-corrected chi connectivity index (χ2v) is 4.44. The maximum atomic E-state index is 11.7. The molecule has 3 aromatic rings. The van der Waals surface area contributed by atoms with Crippen LogP contribution in [-0.2, 0) is 0 Å². The van der Waals surface area contributed by atoms with Crippen molar-refractivity contribution in [2.24, 2.45) is 0 Å². The van der Waals surface area contributed by atoms with Crippen LogP contribution >= 0.6 is 11.3 Å². The molecule has 0 unspecified atom stereocenters. The van der Waals surface area contributed by atoms with Gasteiger partial charge in [-0.15, -0.1) is 11.3 Å². The molecule has 1 amide bonds. The van der Waals surface area contributed by atoms with Crippen LogP contribution in [0.2, 0.25) is 0 Å². The number of anilines is 1. The summed E-state index contributed by atoms with van der Waals surface area (Å²) < 4.78 is 0. The van der Waals surface area contributed by atoms with Gasteiger partial charge in [-0.2, -0.15) is 15.4 Å². The molecule has 8 heteroatoms. The van der Waals surface area contributed by atoms with Crippen molar-refractivity contribution < 1.29 is 4.79 Å². The SMILES string of the molecule is O=C(Nc1nc(-c2ccncc2)cs1)c1cn[nH]n1. The van der Waals surface area contributed by atoms with Crippen molar-refractivity contribution in [1.29, 1.82) is 0 Å². The summed E-state index contributed by atoms with van der Waals surface area (Å²) >= 11 is 1.35. The molecule has 0 aliphatic rings. The number of thiazole rings is 1. The molecule has 0 saturated carbocycles. The molecule has 0 bridgehead atoms. The number of H-pyrrole nitrogens is 1. The highest BCUT2D eigenvalue weighted by molar-refractivity contribution is 7.14. The van der Waals surface area contributed by atoms with Crippen LogP contribution in [0.4, 0.5) is 5.13 Å². The van der Waals surface area contributed by atoms with Crippen LogP contribution in [0.25, 0.3) is 11.3 Å². The molecule has 3 aromatic heterocycles. The largest absolute Gasteiger partial charge is 0.296 e. The van der Waals surface area contributed by atoms with Gasteiger partial charge >= 0.3 is 0 Å². The molecule has 94 valence electrons. The molecular weight excluding hydrogens is 264 g/mol. The van der Waals surface area contributed by atoms with Crippen molar-refractivity contribution in [3.8, 4) is 11.3 Å². The van der Waals surface area contributed by atoms with Gasteiger partial charge in [-0.3, -0.25) is 15.1 Å². The molecule has 0 saturated heterocycles. The maximum Gasteiger partial charge on any atom is 0.279 e. The summed E-state index contributed by atoms with van der Waals surface area (Å²) in [5, 5.41) is 14.7. The molecule has 0 spiro atoms. The minimum atomic E-state index is -0.343. The van der Waals surface area contributed by atoms with Gasteiger partial charge in [0.25, 0.3) is 5.91 Å². The molecule has 3 heterocycles. The number of nitrogens with one attached hydrogen (secondary N) is 2. The van der Waals surface area contributed by atoms with Crippen molar-refractivity contribution in [2.45, 2.75) is 0 Å². The van der Waals surface area contributed by atoms with E-state index in [0.29, 0.717) is 5.13 Å². The van der Waals surface area contributed by atoms with Gasteiger partial charge in [0.1, 0.15) is 0 Å². The van der Waals surface area contributed by atoms with Crippen molar-refractivity contribution in [2.75, 3.05) is 5.32 Å². The van der Waals surface area contributed by atoms with E-state index in [1.165, 1.54) is 17.5 Å². The van der Waals surface area contributed by atoms with E-state index in [-0.39, 0.29) is 11.6 Å². The van der Waals surface area contributed by atoms with Crippen molar-refractivity contribution >= 4 is 22.4 Å². The average Bonchev–Trinajstić information content (AvgIpc) is 3.11. The summed E-state index contributed by atoms with van der Waals surface area (Å²) in [7, 11) is 0. The lowest BCUT2D eigenvalue weighted by Crippen LogP contribution is -2.12. The highest BCUT2D eigenvalue weighted by Crippen LogP contribution is 2.24. The van der Waals surface area contributed by atoms with Gasteiger partial charge in [0.2, 0.25) is 0 Å². The summed E-state index contributed by atoms with van der Waals surface area (Å²) in [6.45, 7) is 0. The summed E-state index contributed by atoms with van der Waals surface area (Å²) in [5.41, 5.74) is 1.97. The number of hydrogen-bond acceptors (Lipinski definition) is 6. The Morgan fingerprint density at radius 1 is 1.32 bits per heavy atom. The Kier molecular flexibility index (Phi) is 2.99. The lowest BCUT2D eigenvalue weighted by atomic mass is 10.2. The molecular formula is C11H8N6OS. The predicted molar refractivity (Wildman–Crippen MR) is 69.7 cm³/mol. The van der Waals surface area contributed by atoms with Gasteiger partial charge in [0, 0.05) is 23.3 Å². The summed E-state index contributed by atoms with van der Waals surface area (Å²) in [4.78, 5) is 20.0. The van der Waals surface area contributed by atoms with E-state index in [2.05, 4.69) is 30.7 Å². The van der Waals surface area contributed by atoms with Crippen molar-refractivity contribution in [3.05, 3.63) is 41.8 Å². The first-order valence-electron chi connectivity index (χ1n) is 5.36. The second-order valence-electron chi connectivity index (χ2n) is 3.58. The third-order valence-corrected chi connectivity index (χ3v) is 3.11. The van der Waals surface area contributed by atoms with Gasteiger partial charge < -0.3 is 0 Å². The highest BCUT2D eigenvalue weighted by atomic mass is 32.1. The zero-order valence-electron chi connectivity index (χ0n) is 9.57. The first-order valence-corrected chi connectivity index (χ1v) is 6.24. The summed E-state index contributed by atoms with van der Waals surface area (Å²) in [6, 6.07) is 3.72. The monoisotopic (exact) mass is 272 g/mol. The van der Waals surface area contributed by atoms with Gasteiger partial charge in [-0.1, -0.05) is 0 Å². The lowest BCUT2D eigenvalue weighted by molar-refractivity contribution is 0.102. The molecule has 0 aromatic carbocycles. The Morgan fingerprint density at radius 2 is 2.16 bits per heavy atom. The Bertz CT molecular complexity index is 678. The van der Waals surface area contributed by atoms with Crippen LogP contribution in [0.1, 0.15) is 10.5 Å². The maximum absolute atomic E-state index is 11.7. The van der Waals surface area contributed by atoms with E-state index in [1.807, 2.05) is 17.5 Å². The number of hydrogen-bond donors (Lipinski definition) is 2. The van der Waals surface area contributed by atoms with Crippen molar-refractivity contribution in [3.63, 3.8) is 0 Å². The molecule has 0 radical (unpaired) electrons. The molecule has 7 nitrogen and oxygen atoms in total. The van der Waals surface area contributed by atoms with Crippen LogP contribution in [0.5, 0.6) is 0 Å². The molecule has 0 fully saturated rings. The number of carbonyl (C=O) groups excluding carboxylic acids is 1. The number of amides is 1. The third-order valence-electron chi connectivity index (χ3n) is 2.35. The number of aromatic nitrogens is 5. The normalized spacial score (nSPS) is 10.3. The fourth-order valence-corrected chi connectivity index (χ4v) is 2.17. The molecule has 0 aliphatic heterocycles. The standard InChI is InChI=1S/C11H8N6OS/c18-10(8-5-13-17-16-8)15-11-14-9(6-19-11)7-1-3-12-4-2-7/h1-6H,(H,13,16,17)(H,14,15,18). The van der Waals surface area contributed by atoms with Crippen LogP contribution in [0.3, 0.4) is 0 Å². The van der Waals surface area contributed by atoms with E-state index in [0.717, 1.165) is 11.3 Å². The van der Waals surface area contributed by atoms with E-state index in [4.69, 9.17) is 0 Å². The number of carbonyl (C=O) groups is 1. The molecule has 0 aliphatic carbocycles. The minimum absolute atomic E-state index is 0.223. The van der Waals surface area contributed by atoms with Gasteiger partial charge in [-0.05, 0) is 12.1 Å². The zero-order chi connectivity index (χ0) is 13.1. The summed E-state index contributed by atoms with van der Waals surface area (Å²) in [6.07, 6.45) is 4.75. The van der Waals surface area contributed by atoms with E-state index in [9.17, 15) is 4.79 Å². The van der Waals surface area contributed by atoms with E-state index < -0.39 is 0 Å². The van der Waals surface area contributed by atoms with E-state index in [1.54, 1.807) is 12.4 Å². The number of nitrogens with zero attached hydrogens (tertiary/aromatic N) is 4. The molecule has 2 N–H and O–H groups in total. The quantitative estimate of drug-likeness (QED) is 0.754. The fourth-order valence-electron chi connectivity index (χ4n) is 1.46. The third kappa shape index (κ3) is 2.47. The number of pyridine rings is 1. The molecule has 19 heavy (non-hydrogen) atoms. The highest BCUT2D eigenvalue weighted by Gasteiger charge is 2.11. The van der Waals surface area contributed by atoms with Gasteiger partial charge in [0.15, 0.2) is 10.8 Å². The first kappa shape index (κ1) is 11.5. The fraction of sp³-hybridized carbons (Fsp3) is 0. The van der Waals surface area contributed by atoms with Crippen molar-refractivity contribution in [1.82, 2.24) is 25.4 Å². The topological polar surface area (TPSA) is 96.5 Å². The van der Waals surface area contributed by atoms with E-state index >= 15 is 0 Å². The number of rotatable bonds is 3. The minimum Gasteiger partial charge on any atom is -0.296 e. The average molecular weight is 272 g/mol. The van der Waals surface area contributed by atoms with Gasteiger partial charge in [-0.25, -0.2) is 4.98 Å². The van der Waals surface area contributed by atoms with Crippen LogP contribution in [0, 0.1) is 0 Å². The molecule has 3 rings (SSSR count). The second kappa shape index (κ2) is 4.94. The van der Waals surface area contributed by atoms with Crippen LogP contribution < -0.4 is 5.32 Å². The summed E-state index contributed by atoms with van der Waals surface area (Å²) in [5.74, 6) is -0.343. The lowest BCUT2D eigenvalue weighted by Gasteiger charge is -1.97. The smallest absolute Gasteiger partial charge is 0.279 e. The first-order chi connectivity index (χ1) is 9.33. The Hall–Kier alpha value is -2.61. The molecule has 0 atom stereocenters. The Labute approximate surface area is 111 Å². The van der Waals surface area contributed by atoms with Crippen LogP contribution in [-0.4, -0.2) is 31.3 Å². The Balaban J connectivity index is 1.77. The van der Waals surface area contributed by atoms with Crippen LogP contribution in [0.15, 0.2) is 36.1 Å². The van der Waals surface area contributed by atoms with Gasteiger partial charge in [0.05, 0.1) is 11.9 Å². The predicted octanol–water partition coefficient (Wildman–Crippen LogP) is 1.58. The Morgan fingerprint density at radius 3 is 2.89 bits per heavy atom. The number of aromatic amines is 1. The zero-order valence-corrected chi connectivity index (χ0v) is 10.4.